The molecule has 0 spiro atoms. The van der Waals surface area contributed by atoms with Gasteiger partial charge in [-0.3, -0.25) is 9.59 Å². The van der Waals surface area contributed by atoms with Gasteiger partial charge in [-0.05, 0) is 12.1 Å². The number of nitrogens with zero attached hydrogens (tertiary/aromatic N) is 1. The van der Waals surface area contributed by atoms with Gasteiger partial charge in [0.2, 0.25) is 5.91 Å². The number of hydrogen-bond acceptors (Lipinski definition) is 4. The van der Waals surface area contributed by atoms with Crippen molar-refractivity contribution in [2.75, 3.05) is 4.90 Å². The lowest BCUT2D eigenvalue weighted by Crippen LogP contribution is -2.28. The Labute approximate surface area is 102 Å². The first-order valence-electron chi connectivity index (χ1n) is 5.03. The molecule has 1 aliphatic rings. The molecule has 0 saturated carbocycles. The number of aromatic hydroxyl groups is 1. The Balaban J connectivity index is 2.44. The summed E-state index contributed by atoms with van der Waals surface area (Å²) in [6.07, 6.45) is -0.0692. The number of anilines is 1. The van der Waals surface area contributed by atoms with Crippen molar-refractivity contribution >= 4 is 23.5 Å². The molecule has 1 aromatic carbocycles. The molecule has 2 rings (SSSR count). The van der Waals surface area contributed by atoms with E-state index < -0.39 is 23.5 Å². The number of carbonyl (C=O) groups is 3. The Hall–Kier alpha value is -2.63. The molecule has 1 heterocycles. The third kappa shape index (κ3) is 1.73. The number of aromatic carboxylic acids is 1. The standard InChI is InChI=1S/C12H9NO5/c1-6-4-10(15)13(11(6)16)7-2-3-8(12(17)18)9(14)5-7/h2-3,5,14H,1,4H2,(H,17,18). The lowest BCUT2D eigenvalue weighted by atomic mass is 10.1. The summed E-state index contributed by atoms with van der Waals surface area (Å²) < 4.78 is 0. The monoisotopic (exact) mass is 247 g/mol. The summed E-state index contributed by atoms with van der Waals surface area (Å²) in [7, 11) is 0. The molecule has 1 saturated heterocycles. The fourth-order valence-electron chi connectivity index (χ4n) is 1.71. The van der Waals surface area contributed by atoms with Crippen LogP contribution in [-0.2, 0) is 9.59 Å². The van der Waals surface area contributed by atoms with Gasteiger partial charge < -0.3 is 10.2 Å². The van der Waals surface area contributed by atoms with E-state index in [1.54, 1.807) is 0 Å². The number of phenols is 1. The molecule has 0 unspecified atom stereocenters. The Morgan fingerprint density at radius 2 is 2.00 bits per heavy atom. The molecule has 0 aromatic heterocycles. The number of amides is 2. The van der Waals surface area contributed by atoms with Crippen molar-refractivity contribution in [3.8, 4) is 5.75 Å². The quantitative estimate of drug-likeness (QED) is 0.598. The normalized spacial score (nSPS) is 15.3. The number of benzene rings is 1. The van der Waals surface area contributed by atoms with Crippen LogP contribution in [0.5, 0.6) is 5.75 Å². The number of imide groups is 1. The molecule has 2 amide bonds. The van der Waals surface area contributed by atoms with Crippen LogP contribution in [0.4, 0.5) is 5.69 Å². The molecular weight excluding hydrogens is 238 g/mol. The lowest BCUT2D eigenvalue weighted by Gasteiger charge is -2.14. The van der Waals surface area contributed by atoms with Gasteiger partial charge >= 0.3 is 5.97 Å². The van der Waals surface area contributed by atoms with Crippen LogP contribution < -0.4 is 4.90 Å². The van der Waals surface area contributed by atoms with Crippen molar-refractivity contribution in [2.45, 2.75) is 6.42 Å². The van der Waals surface area contributed by atoms with E-state index in [-0.39, 0.29) is 23.2 Å². The van der Waals surface area contributed by atoms with Crippen LogP contribution in [0.15, 0.2) is 30.4 Å². The summed E-state index contributed by atoms with van der Waals surface area (Å²) >= 11 is 0. The SMILES string of the molecule is C=C1CC(=O)N(c2ccc(C(=O)O)c(O)c2)C1=O. The maximum Gasteiger partial charge on any atom is 0.339 e. The fraction of sp³-hybridized carbons (Fsp3) is 0.0833. The van der Waals surface area contributed by atoms with E-state index in [1.807, 2.05) is 0 Å². The minimum atomic E-state index is -1.29. The van der Waals surface area contributed by atoms with E-state index in [9.17, 15) is 19.5 Å². The molecule has 0 aliphatic carbocycles. The van der Waals surface area contributed by atoms with Gasteiger partial charge in [-0.2, -0.15) is 0 Å². The molecule has 1 aliphatic heterocycles. The zero-order valence-corrected chi connectivity index (χ0v) is 9.21. The predicted octanol–water partition coefficient (Wildman–Crippen LogP) is 0.910. The molecule has 0 bridgehead atoms. The number of hydrogen-bond donors (Lipinski definition) is 2. The zero-order valence-electron chi connectivity index (χ0n) is 9.21. The Kier molecular flexibility index (Phi) is 2.63. The fourth-order valence-corrected chi connectivity index (χ4v) is 1.71. The van der Waals surface area contributed by atoms with E-state index in [0.717, 1.165) is 17.0 Å². The van der Waals surface area contributed by atoms with Gasteiger partial charge in [0.05, 0.1) is 12.1 Å². The molecule has 18 heavy (non-hydrogen) atoms. The van der Waals surface area contributed by atoms with E-state index in [0.29, 0.717) is 0 Å². The van der Waals surface area contributed by atoms with Crippen LogP contribution in [0.1, 0.15) is 16.8 Å². The largest absolute Gasteiger partial charge is 0.507 e. The molecule has 2 N–H and O–H groups in total. The van der Waals surface area contributed by atoms with Gasteiger partial charge in [-0.15, -0.1) is 0 Å². The second-order valence-corrected chi connectivity index (χ2v) is 3.82. The molecule has 1 aromatic rings. The minimum absolute atomic E-state index is 0.0692. The number of carboxylic acid groups (broad SMARTS) is 1. The second-order valence-electron chi connectivity index (χ2n) is 3.82. The van der Waals surface area contributed by atoms with E-state index in [4.69, 9.17) is 5.11 Å². The van der Waals surface area contributed by atoms with Crippen LogP contribution in [0.3, 0.4) is 0 Å². The Morgan fingerprint density at radius 1 is 1.33 bits per heavy atom. The summed E-state index contributed by atoms with van der Waals surface area (Å²) in [5, 5.41) is 18.3. The first-order chi connectivity index (χ1) is 8.41. The van der Waals surface area contributed by atoms with Crippen molar-refractivity contribution in [1.29, 1.82) is 0 Å². The number of carboxylic acids is 1. The van der Waals surface area contributed by atoms with Crippen LogP contribution in [0.2, 0.25) is 0 Å². The highest BCUT2D eigenvalue weighted by atomic mass is 16.4. The summed E-state index contributed by atoms with van der Waals surface area (Å²) in [4.78, 5) is 34.8. The second kappa shape index (κ2) is 3.99. The van der Waals surface area contributed by atoms with Crippen molar-refractivity contribution in [3.63, 3.8) is 0 Å². The third-order valence-electron chi connectivity index (χ3n) is 2.59. The molecule has 6 nitrogen and oxygen atoms in total. The first-order valence-corrected chi connectivity index (χ1v) is 5.03. The van der Waals surface area contributed by atoms with Gasteiger partial charge in [0.1, 0.15) is 11.3 Å². The number of rotatable bonds is 2. The average molecular weight is 247 g/mol. The summed E-state index contributed by atoms with van der Waals surface area (Å²) in [5.41, 5.74) is 0.00428. The minimum Gasteiger partial charge on any atom is -0.507 e. The van der Waals surface area contributed by atoms with Crippen LogP contribution in [0.25, 0.3) is 0 Å². The highest BCUT2D eigenvalue weighted by Gasteiger charge is 2.34. The van der Waals surface area contributed by atoms with Crippen LogP contribution in [-0.4, -0.2) is 28.0 Å². The van der Waals surface area contributed by atoms with E-state index >= 15 is 0 Å². The van der Waals surface area contributed by atoms with Gasteiger partial charge in [-0.25, -0.2) is 9.69 Å². The third-order valence-corrected chi connectivity index (χ3v) is 2.59. The molecule has 92 valence electrons. The first kappa shape index (κ1) is 11.8. The average Bonchev–Trinajstić information content (AvgIpc) is 2.52. The van der Waals surface area contributed by atoms with Gasteiger partial charge in [-0.1, -0.05) is 6.58 Å². The Bertz CT molecular complexity index is 590. The van der Waals surface area contributed by atoms with E-state index in [1.165, 1.54) is 6.07 Å². The van der Waals surface area contributed by atoms with Gasteiger partial charge in [0, 0.05) is 11.6 Å². The predicted molar refractivity (Wildman–Crippen MR) is 61.3 cm³/mol. The molecule has 0 atom stereocenters. The molecule has 6 heteroatoms. The lowest BCUT2D eigenvalue weighted by molar-refractivity contribution is -0.120. The van der Waals surface area contributed by atoms with Crippen LogP contribution >= 0.6 is 0 Å². The van der Waals surface area contributed by atoms with Crippen molar-refractivity contribution in [2.24, 2.45) is 0 Å². The van der Waals surface area contributed by atoms with E-state index in [2.05, 4.69) is 6.58 Å². The summed E-state index contributed by atoms with van der Waals surface area (Å²) in [5.74, 6) is -2.78. The van der Waals surface area contributed by atoms with Gasteiger partial charge in [0.15, 0.2) is 0 Å². The Morgan fingerprint density at radius 3 is 2.44 bits per heavy atom. The highest BCUT2D eigenvalue weighted by Crippen LogP contribution is 2.29. The zero-order chi connectivity index (χ0) is 13.4. The highest BCUT2D eigenvalue weighted by molar-refractivity contribution is 6.28. The van der Waals surface area contributed by atoms with Crippen LogP contribution in [0, 0.1) is 0 Å². The summed E-state index contributed by atoms with van der Waals surface area (Å²) in [6, 6.07) is 3.49. The summed E-state index contributed by atoms with van der Waals surface area (Å²) in [6.45, 7) is 3.46. The van der Waals surface area contributed by atoms with Crippen molar-refractivity contribution in [1.82, 2.24) is 0 Å². The smallest absolute Gasteiger partial charge is 0.339 e. The van der Waals surface area contributed by atoms with Gasteiger partial charge in [0.25, 0.3) is 5.91 Å². The maximum absolute atomic E-state index is 11.7. The molecule has 1 fully saturated rings. The maximum atomic E-state index is 11.7. The topological polar surface area (TPSA) is 94.9 Å². The van der Waals surface area contributed by atoms with Crippen molar-refractivity contribution in [3.05, 3.63) is 35.9 Å². The number of carbonyl (C=O) groups excluding carboxylic acids is 2. The molecular formula is C12H9NO5. The molecule has 0 radical (unpaired) electrons. The van der Waals surface area contributed by atoms with Crippen molar-refractivity contribution < 1.29 is 24.6 Å².